The van der Waals surface area contributed by atoms with E-state index in [1.165, 1.54) is 0 Å². The SMILES string of the molecule is C#CC(C)(CN1Cc2ccc(OC)c(C)c2C1=N)C(=O)NC(=O)C(C)C. The van der Waals surface area contributed by atoms with Crippen molar-refractivity contribution >= 4 is 17.6 Å². The normalized spacial score (nSPS) is 15.3. The standard InChI is InChI=1S/C20H25N3O3/c1-7-20(5,19(25)22-18(24)12(2)3)11-23-10-14-8-9-15(26-6)13(4)16(14)17(23)21/h1,8-9,12,21H,10-11H2,2-6H3,(H,22,24,25). The highest BCUT2D eigenvalue weighted by Gasteiger charge is 2.38. The molecule has 1 heterocycles. The minimum absolute atomic E-state index is 0.149. The number of amidine groups is 1. The lowest BCUT2D eigenvalue weighted by Gasteiger charge is -2.29. The molecule has 1 aliphatic heterocycles. The predicted molar refractivity (Wildman–Crippen MR) is 99.9 cm³/mol. The average molecular weight is 355 g/mol. The lowest BCUT2D eigenvalue weighted by atomic mass is 9.89. The summed E-state index contributed by atoms with van der Waals surface area (Å²) < 4.78 is 5.33. The summed E-state index contributed by atoms with van der Waals surface area (Å²) in [6, 6.07) is 3.80. The van der Waals surface area contributed by atoms with Crippen LogP contribution in [0.25, 0.3) is 0 Å². The number of amides is 2. The quantitative estimate of drug-likeness (QED) is 0.792. The fourth-order valence-corrected chi connectivity index (χ4v) is 2.97. The van der Waals surface area contributed by atoms with Gasteiger partial charge < -0.3 is 9.64 Å². The van der Waals surface area contributed by atoms with E-state index in [0.717, 1.165) is 22.4 Å². The van der Waals surface area contributed by atoms with Crippen LogP contribution >= 0.6 is 0 Å². The Hall–Kier alpha value is -2.81. The molecule has 2 amide bonds. The summed E-state index contributed by atoms with van der Waals surface area (Å²) in [4.78, 5) is 26.2. The van der Waals surface area contributed by atoms with Gasteiger partial charge in [0, 0.05) is 30.1 Å². The molecule has 6 heteroatoms. The number of nitrogens with one attached hydrogen (secondary N) is 2. The van der Waals surface area contributed by atoms with Crippen LogP contribution < -0.4 is 10.1 Å². The van der Waals surface area contributed by atoms with Gasteiger partial charge >= 0.3 is 0 Å². The maximum absolute atomic E-state index is 12.6. The van der Waals surface area contributed by atoms with Crippen LogP contribution in [-0.2, 0) is 16.1 Å². The van der Waals surface area contributed by atoms with Crippen molar-refractivity contribution in [2.45, 2.75) is 34.2 Å². The molecular weight excluding hydrogens is 330 g/mol. The van der Waals surface area contributed by atoms with E-state index >= 15 is 0 Å². The molecule has 0 saturated carbocycles. The number of fused-ring (bicyclic) bond motifs is 1. The Kier molecular flexibility index (Phi) is 5.41. The van der Waals surface area contributed by atoms with Crippen LogP contribution in [0.3, 0.4) is 0 Å². The molecule has 1 aromatic carbocycles. The number of hydrogen-bond acceptors (Lipinski definition) is 4. The molecular formula is C20H25N3O3. The summed E-state index contributed by atoms with van der Waals surface area (Å²) in [6.07, 6.45) is 5.62. The third kappa shape index (κ3) is 3.43. The average Bonchev–Trinajstić information content (AvgIpc) is 2.91. The molecule has 0 aromatic heterocycles. The fourth-order valence-electron chi connectivity index (χ4n) is 2.97. The number of carbonyl (C=O) groups excluding carboxylic acids is 2. The molecule has 1 atom stereocenters. The number of imide groups is 1. The van der Waals surface area contributed by atoms with Gasteiger partial charge in [0.1, 0.15) is 17.0 Å². The van der Waals surface area contributed by atoms with Crippen molar-refractivity contribution in [1.29, 1.82) is 5.41 Å². The van der Waals surface area contributed by atoms with Gasteiger partial charge in [0.05, 0.1) is 7.11 Å². The fraction of sp³-hybridized carbons (Fsp3) is 0.450. The first-order chi connectivity index (χ1) is 12.1. The molecule has 1 unspecified atom stereocenters. The van der Waals surface area contributed by atoms with E-state index in [4.69, 9.17) is 16.6 Å². The summed E-state index contributed by atoms with van der Waals surface area (Å²) in [7, 11) is 1.59. The van der Waals surface area contributed by atoms with Crippen LogP contribution in [-0.4, -0.2) is 36.2 Å². The molecule has 2 N–H and O–H groups in total. The zero-order chi connectivity index (χ0) is 19.6. The van der Waals surface area contributed by atoms with Gasteiger partial charge in [-0.1, -0.05) is 25.8 Å². The highest BCUT2D eigenvalue weighted by atomic mass is 16.5. The van der Waals surface area contributed by atoms with Crippen LogP contribution in [0.15, 0.2) is 12.1 Å². The van der Waals surface area contributed by atoms with Crippen LogP contribution in [0.4, 0.5) is 0 Å². The number of methoxy groups -OCH3 is 1. The van der Waals surface area contributed by atoms with E-state index in [0.29, 0.717) is 12.4 Å². The number of carbonyl (C=O) groups is 2. The Labute approximate surface area is 154 Å². The number of nitrogens with zero attached hydrogens (tertiary/aromatic N) is 1. The van der Waals surface area contributed by atoms with E-state index in [-0.39, 0.29) is 18.4 Å². The van der Waals surface area contributed by atoms with Crippen LogP contribution in [0.1, 0.15) is 37.5 Å². The van der Waals surface area contributed by atoms with E-state index in [2.05, 4.69) is 11.2 Å². The van der Waals surface area contributed by atoms with E-state index in [1.807, 2.05) is 19.1 Å². The Bertz CT molecular complexity index is 807. The van der Waals surface area contributed by atoms with Crippen molar-refractivity contribution in [2.24, 2.45) is 11.3 Å². The monoisotopic (exact) mass is 355 g/mol. The first-order valence-electron chi connectivity index (χ1n) is 8.48. The lowest BCUT2D eigenvalue weighted by molar-refractivity contribution is -0.136. The summed E-state index contributed by atoms with van der Waals surface area (Å²) in [6.45, 7) is 7.57. The van der Waals surface area contributed by atoms with Crippen molar-refractivity contribution in [1.82, 2.24) is 10.2 Å². The van der Waals surface area contributed by atoms with Gasteiger partial charge in [-0.25, -0.2) is 0 Å². The molecule has 0 aliphatic carbocycles. The van der Waals surface area contributed by atoms with Crippen molar-refractivity contribution in [3.05, 3.63) is 28.8 Å². The molecule has 0 radical (unpaired) electrons. The molecule has 1 aromatic rings. The maximum Gasteiger partial charge on any atom is 0.246 e. The number of ether oxygens (including phenoxy) is 1. The molecule has 26 heavy (non-hydrogen) atoms. The highest BCUT2D eigenvalue weighted by molar-refractivity contribution is 6.03. The predicted octanol–water partition coefficient (Wildman–Crippen LogP) is 2.08. The van der Waals surface area contributed by atoms with Gasteiger partial charge in [-0.3, -0.25) is 20.3 Å². The van der Waals surface area contributed by atoms with E-state index < -0.39 is 11.3 Å². The Balaban J connectivity index is 2.23. The third-order valence-electron chi connectivity index (χ3n) is 4.72. The minimum Gasteiger partial charge on any atom is -0.496 e. The zero-order valence-electron chi connectivity index (χ0n) is 15.9. The van der Waals surface area contributed by atoms with Gasteiger partial charge in [-0.2, -0.15) is 0 Å². The molecule has 0 spiro atoms. The second kappa shape index (κ2) is 7.20. The van der Waals surface area contributed by atoms with E-state index in [1.54, 1.807) is 32.8 Å². The zero-order valence-corrected chi connectivity index (χ0v) is 15.9. The molecule has 1 aliphatic rings. The molecule has 0 saturated heterocycles. The number of rotatable bonds is 5. The minimum atomic E-state index is -1.23. The Morgan fingerprint density at radius 3 is 2.65 bits per heavy atom. The molecule has 138 valence electrons. The summed E-state index contributed by atoms with van der Waals surface area (Å²) in [5, 5.41) is 10.9. The summed E-state index contributed by atoms with van der Waals surface area (Å²) >= 11 is 0. The number of hydrogen-bond donors (Lipinski definition) is 2. The molecule has 0 fully saturated rings. The van der Waals surface area contributed by atoms with Gasteiger partial charge in [-0.05, 0) is 25.5 Å². The molecule has 0 bridgehead atoms. The van der Waals surface area contributed by atoms with Crippen molar-refractivity contribution in [2.75, 3.05) is 13.7 Å². The van der Waals surface area contributed by atoms with Crippen molar-refractivity contribution in [3.8, 4) is 18.1 Å². The smallest absolute Gasteiger partial charge is 0.246 e. The van der Waals surface area contributed by atoms with Gasteiger partial charge in [-0.15, -0.1) is 6.42 Å². The Morgan fingerprint density at radius 2 is 2.12 bits per heavy atom. The van der Waals surface area contributed by atoms with Crippen LogP contribution in [0.2, 0.25) is 0 Å². The van der Waals surface area contributed by atoms with Crippen LogP contribution in [0, 0.1) is 36.0 Å². The maximum atomic E-state index is 12.6. The number of terminal acetylenes is 1. The molecule has 2 rings (SSSR count). The highest BCUT2D eigenvalue weighted by Crippen LogP contribution is 2.33. The second-order valence-corrected chi connectivity index (χ2v) is 7.08. The van der Waals surface area contributed by atoms with Gasteiger partial charge in [0.15, 0.2) is 0 Å². The lowest BCUT2D eigenvalue weighted by Crippen LogP contribution is -2.48. The largest absolute Gasteiger partial charge is 0.496 e. The van der Waals surface area contributed by atoms with Crippen molar-refractivity contribution < 1.29 is 14.3 Å². The summed E-state index contributed by atoms with van der Waals surface area (Å²) in [5.74, 6) is 2.34. The first-order valence-corrected chi connectivity index (χ1v) is 8.48. The van der Waals surface area contributed by atoms with Crippen LogP contribution in [0.5, 0.6) is 5.75 Å². The number of benzene rings is 1. The Morgan fingerprint density at radius 1 is 1.46 bits per heavy atom. The van der Waals surface area contributed by atoms with Gasteiger partial charge in [0.2, 0.25) is 11.8 Å². The van der Waals surface area contributed by atoms with E-state index in [9.17, 15) is 9.59 Å². The second-order valence-electron chi connectivity index (χ2n) is 7.08. The topological polar surface area (TPSA) is 82.5 Å². The molecule has 6 nitrogen and oxygen atoms in total. The third-order valence-corrected chi connectivity index (χ3v) is 4.72. The van der Waals surface area contributed by atoms with Gasteiger partial charge in [0.25, 0.3) is 0 Å². The van der Waals surface area contributed by atoms with Crippen molar-refractivity contribution in [3.63, 3.8) is 0 Å². The summed E-state index contributed by atoms with van der Waals surface area (Å²) in [5.41, 5.74) is 1.46. The first kappa shape index (κ1) is 19.5.